The van der Waals surface area contributed by atoms with Crippen LogP contribution in [0, 0.1) is 0 Å². The van der Waals surface area contributed by atoms with Crippen LogP contribution in [-0.4, -0.2) is 43.9 Å². The second kappa shape index (κ2) is 9.78. The highest BCUT2D eigenvalue weighted by Crippen LogP contribution is 2.27. The molecule has 0 aliphatic rings. The quantitative estimate of drug-likeness (QED) is 0.393. The summed E-state index contributed by atoms with van der Waals surface area (Å²) in [4.78, 5) is 30.5. The zero-order valence-electron chi connectivity index (χ0n) is 17.8. The first-order chi connectivity index (χ1) is 15.6. The number of hydrogen-bond acceptors (Lipinski definition) is 6. The highest BCUT2D eigenvalue weighted by atomic mass is 32.2. The molecule has 9 heteroatoms. The Labute approximate surface area is 189 Å². The molecule has 0 radical (unpaired) electrons. The van der Waals surface area contributed by atoms with Crippen LogP contribution < -0.4 is 10.6 Å². The molecule has 32 heavy (non-hydrogen) atoms. The molecule has 4 aromatic rings. The van der Waals surface area contributed by atoms with Gasteiger partial charge in [-0.3, -0.25) is 9.59 Å². The summed E-state index contributed by atoms with van der Waals surface area (Å²) in [5, 5.41) is 10.1. The summed E-state index contributed by atoms with van der Waals surface area (Å²) in [5.74, 6) is -0.483. The number of para-hydroxylation sites is 2. The molecule has 8 nitrogen and oxygen atoms in total. The smallest absolute Gasteiger partial charge is 0.237 e. The molecule has 2 heterocycles. The van der Waals surface area contributed by atoms with Crippen LogP contribution in [0.4, 0.5) is 5.69 Å². The van der Waals surface area contributed by atoms with Gasteiger partial charge in [0.25, 0.3) is 0 Å². The number of fused-ring (bicyclic) bond motifs is 3. The SMILES string of the molecule is CCCn1c2ccccc2c2nnc(SCC(=O)N(CCC(N)=O)c3ccccc3)nc21. The molecule has 0 fully saturated rings. The van der Waals surface area contributed by atoms with Gasteiger partial charge in [0.05, 0.1) is 11.3 Å². The summed E-state index contributed by atoms with van der Waals surface area (Å²) in [6, 6.07) is 17.3. The van der Waals surface area contributed by atoms with Crippen molar-refractivity contribution in [2.45, 2.75) is 31.5 Å². The molecule has 0 spiro atoms. The number of hydrogen-bond donors (Lipinski definition) is 1. The second-order valence-electron chi connectivity index (χ2n) is 7.32. The number of carbonyl (C=O) groups excluding carboxylic acids is 2. The van der Waals surface area contributed by atoms with E-state index in [-0.39, 0.29) is 24.6 Å². The fourth-order valence-corrected chi connectivity index (χ4v) is 4.29. The van der Waals surface area contributed by atoms with Crippen molar-refractivity contribution in [1.29, 1.82) is 0 Å². The summed E-state index contributed by atoms with van der Waals surface area (Å²) in [6.45, 7) is 3.16. The van der Waals surface area contributed by atoms with Crippen molar-refractivity contribution in [3.63, 3.8) is 0 Å². The third-order valence-electron chi connectivity index (χ3n) is 5.08. The van der Waals surface area contributed by atoms with Crippen LogP contribution in [0.25, 0.3) is 22.1 Å². The van der Waals surface area contributed by atoms with Crippen molar-refractivity contribution >= 4 is 51.3 Å². The van der Waals surface area contributed by atoms with Crippen LogP contribution in [0.3, 0.4) is 0 Å². The van der Waals surface area contributed by atoms with Gasteiger partial charge in [-0.25, -0.2) is 4.98 Å². The number of amides is 2. The van der Waals surface area contributed by atoms with E-state index in [1.165, 1.54) is 11.8 Å². The number of aryl methyl sites for hydroxylation is 1. The van der Waals surface area contributed by atoms with Crippen molar-refractivity contribution < 1.29 is 9.59 Å². The number of anilines is 1. The minimum absolute atomic E-state index is 0.0897. The molecule has 0 saturated carbocycles. The van der Waals surface area contributed by atoms with Crippen LogP contribution >= 0.6 is 11.8 Å². The van der Waals surface area contributed by atoms with Gasteiger partial charge in [-0.05, 0) is 24.6 Å². The Morgan fingerprint density at radius 2 is 1.81 bits per heavy atom. The maximum Gasteiger partial charge on any atom is 0.237 e. The average molecular weight is 449 g/mol. The number of aromatic nitrogens is 4. The van der Waals surface area contributed by atoms with E-state index in [0.29, 0.717) is 5.16 Å². The summed E-state index contributed by atoms with van der Waals surface area (Å²) >= 11 is 1.23. The van der Waals surface area contributed by atoms with E-state index >= 15 is 0 Å². The lowest BCUT2D eigenvalue weighted by Crippen LogP contribution is -2.35. The number of nitrogens with zero attached hydrogens (tertiary/aromatic N) is 5. The van der Waals surface area contributed by atoms with E-state index in [2.05, 4.69) is 27.8 Å². The number of nitrogens with two attached hydrogens (primary N) is 1. The lowest BCUT2D eigenvalue weighted by molar-refractivity contribution is -0.118. The molecule has 0 bridgehead atoms. The minimum atomic E-state index is -0.451. The summed E-state index contributed by atoms with van der Waals surface area (Å²) in [6.07, 6.45) is 1.05. The minimum Gasteiger partial charge on any atom is -0.370 e. The van der Waals surface area contributed by atoms with Gasteiger partial charge >= 0.3 is 0 Å². The van der Waals surface area contributed by atoms with Gasteiger partial charge in [0.1, 0.15) is 5.52 Å². The van der Waals surface area contributed by atoms with Gasteiger partial charge in [0.2, 0.25) is 17.0 Å². The molecule has 2 aromatic heterocycles. The zero-order valence-corrected chi connectivity index (χ0v) is 18.6. The van der Waals surface area contributed by atoms with Crippen molar-refractivity contribution in [1.82, 2.24) is 19.7 Å². The molecule has 2 N–H and O–H groups in total. The Kier molecular flexibility index (Phi) is 6.65. The third kappa shape index (κ3) is 4.57. The molecule has 0 unspecified atom stereocenters. The highest BCUT2D eigenvalue weighted by molar-refractivity contribution is 7.99. The predicted molar refractivity (Wildman–Crippen MR) is 126 cm³/mol. The topological polar surface area (TPSA) is 107 Å². The van der Waals surface area contributed by atoms with E-state index in [0.717, 1.165) is 40.7 Å². The summed E-state index contributed by atoms with van der Waals surface area (Å²) in [5.41, 5.74) is 8.62. The van der Waals surface area contributed by atoms with Crippen LogP contribution in [0.2, 0.25) is 0 Å². The van der Waals surface area contributed by atoms with Gasteiger partial charge in [-0.2, -0.15) is 0 Å². The summed E-state index contributed by atoms with van der Waals surface area (Å²) < 4.78 is 2.15. The maximum atomic E-state index is 13.0. The molecule has 164 valence electrons. The van der Waals surface area contributed by atoms with Crippen molar-refractivity contribution in [2.24, 2.45) is 5.73 Å². The van der Waals surface area contributed by atoms with E-state index < -0.39 is 5.91 Å². The largest absolute Gasteiger partial charge is 0.370 e. The fourth-order valence-electron chi connectivity index (χ4n) is 3.63. The van der Waals surface area contributed by atoms with Gasteiger partial charge in [0.15, 0.2) is 5.65 Å². The molecule has 0 atom stereocenters. The molecule has 0 aliphatic carbocycles. The van der Waals surface area contributed by atoms with Gasteiger partial charge in [-0.1, -0.05) is 55.1 Å². The Hall–Kier alpha value is -3.46. The Morgan fingerprint density at radius 3 is 2.56 bits per heavy atom. The lowest BCUT2D eigenvalue weighted by atomic mass is 10.2. The summed E-state index contributed by atoms with van der Waals surface area (Å²) in [7, 11) is 0. The first-order valence-electron chi connectivity index (χ1n) is 10.5. The Bertz CT molecular complexity index is 1260. The Balaban J connectivity index is 1.57. The first-order valence-corrected chi connectivity index (χ1v) is 11.4. The Morgan fingerprint density at radius 1 is 1.06 bits per heavy atom. The van der Waals surface area contributed by atoms with Crippen LogP contribution in [0.5, 0.6) is 0 Å². The molecule has 0 aliphatic heterocycles. The van der Waals surface area contributed by atoms with Crippen molar-refractivity contribution in [3.8, 4) is 0 Å². The number of carbonyl (C=O) groups is 2. The zero-order chi connectivity index (χ0) is 22.5. The van der Waals surface area contributed by atoms with Crippen LogP contribution in [-0.2, 0) is 16.1 Å². The van der Waals surface area contributed by atoms with E-state index in [1.54, 1.807) is 4.90 Å². The molecular weight excluding hydrogens is 424 g/mol. The predicted octanol–water partition coefficient (Wildman–Crippen LogP) is 3.39. The van der Waals surface area contributed by atoms with Crippen LogP contribution in [0.15, 0.2) is 59.8 Å². The van der Waals surface area contributed by atoms with Gasteiger partial charge in [0, 0.05) is 30.6 Å². The maximum absolute atomic E-state index is 13.0. The second-order valence-corrected chi connectivity index (χ2v) is 8.26. The van der Waals surface area contributed by atoms with E-state index in [9.17, 15) is 9.59 Å². The van der Waals surface area contributed by atoms with Crippen molar-refractivity contribution in [3.05, 3.63) is 54.6 Å². The number of thioether (sulfide) groups is 1. The number of primary amides is 1. The van der Waals surface area contributed by atoms with Crippen LogP contribution in [0.1, 0.15) is 19.8 Å². The molecular formula is C23H24N6O2S. The van der Waals surface area contributed by atoms with Crippen molar-refractivity contribution in [2.75, 3.05) is 17.2 Å². The highest BCUT2D eigenvalue weighted by Gasteiger charge is 2.19. The lowest BCUT2D eigenvalue weighted by Gasteiger charge is -2.22. The number of rotatable bonds is 9. The fraction of sp³-hybridized carbons (Fsp3) is 0.261. The number of benzene rings is 2. The van der Waals surface area contributed by atoms with E-state index in [1.807, 2.05) is 48.5 Å². The van der Waals surface area contributed by atoms with Gasteiger partial charge < -0.3 is 15.2 Å². The van der Waals surface area contributed by atoms with E-state index in [4.69, 9.17) is 10.7 Å². The third-order valence-corrected chi connectivity index (χ3v) is 5.90. The standard InChI is InChI=1S/C23H24N6O2S/c1-2-13-29-18-11-7-6-10-17(18)21-22(29)25-23(27-26-21)32-15-20(31)28(14-12-19(24)30)16-8-4-3-5-9-16/h3-11H,2,12-15H2,1H3,(H2,24,30). The molecule has 4 rings (SSSR count). The normalized spacial score (nSPS) is 11.2. The molecule has 2 amide bonds. The molecule has 0 saturated heterocycles. The first kappa shape index (κ1) is 21.8. The molecule has 2 aromatic carbocycles. The monoisotopic (exact) mass is 448 g/mol. The van der Waals surface area contributed by atoms with Gasteiger partial charge in [-0.15, -0.1) is 10.2 Å². The average Bonchev–Trinajstić information content (AvgIpc) is 3.12.